The first kappa shape index (κ1) is 14.5. The molecular weight excluding hydrogens is 254 g/mol. The predicted molar refractivity (Wildman–Crippen MR) is 67.7 cm³/mol. The van der Waals surface area contributed by atoms with Crippen LogP contribution in [0.25, 0.3) is 0 Å². The molecule has 0 aliphatic heterocycles. The second kappa shape index (κ2) is 5.86. The van der Waals surface area contributed by atoms with E-state index in [0.29, 0.717) is 0 Å². The van der Waals surface area contributed by atoms with E-state index in [1.807, 2.05) is 25.5 Å². The minimum Gasteiger partial charge on any atom is -0.449 e. The number of hydrogen-bond acceptors (Lipinski definition) is 4. The number of aryl methyl sites for hydroxylation is 1. The summed E-state index contributed by atoms with van der Waals surface area (Å²) in [7, 11) is -3.85. The Morgan fingerprint density at radius 3 is 2.33 bits per heavy atom. The molecule has 6 heteroatoms. The van der Waals surface area contributed by atoms with Crippen molar-refractivity contribution in [2.24, 2.45) is 5.92 Å². The zero-order valence-corrected chi connectivity index (χ0v) is 11.5. The monoisotopic (exact) mass is 271 g/mol. The SMILES string of the molecule is Cc1ccc(S(=O)(=O)NC(=O)OCC(C)C)cc1. The molecule has 0 atom stereocenters. The summed E-state index contributed by atoms with van der Waals surface area (Å²) >= 11 is 0. The highest BCUT2D eigenvalue weighted by Crippen LogP contribution is 2.09. The van der Waals surface area contributed by atoms with Crippen LogP contribution in [0.3, 0.4) is 0 Å². The Bertz CT molecular complexity index is 505. The van der Waals surface area contributed by atoms with Gasteiger partial charge in [0.2, 0.25) is 0 Å². The van der Waals surface area contributed by atoms with Crippen LogP contribution >= 0.6 is 0 Å². The third-order valence-electron chi connectivity index (χ3n) is 2.10. The van der Waals surface area contributed by atoms with Crippen LogP contribution in [-0.2, 0) is 14.8 Å². The Kier molecular flexibility index (Phi) is 4.72. The van der Waals surface area contributed by atoms with Gasteiger partial charge in [-0.15, -0.1) is 0 Å². The molecule has 0 radical (unpaired) electrons. The average molecular weight is 271 g/mol. The number of rotatable bonds is 4. The molecule has 0 spiro atoms. The number of hydrogen-bond donors (Lipinski definition) is 1. The fourth-order valence-corrected chi connectivity index (χ4v) is 2.05. The molecule has 0 saturated heterocycles. The summed E-state index contributed by atoms with van der Waals surface area (Å²) in [6.45, 7) is 5.75. The van der Waals surface area contributed by atoms with E-state index in [2.05, 4.69) is 0 Å². The Balaban J connectivity index is 2.70. The van der Waals surface area contributed by atoms with Crippen molar-refractivity contribution in [1.82, 2.24) is 4.72 Å². The van der Waals surface area contributed by atoms with E-state index in [0.717, 1.165) is 5.56 Å². The number of nitrogens with one attached hydrogen (secondary N) is 1. The Labute approximate surface area is 107 Å². The fraction of sp³-hybridized carbons (Fsp3) is 0.417. The summed E-state index contributed by atoms with van der Waals surface area (Å²) in [6, 6.07) is 6.20. The lowest BCUT2D eigenvalue weighted by Crippen LogP contribution is -2.31. The highest BCUT2D eigenvalue weighted by molar-refractivity contribution is 7.90. The van der Waals surface area contributed by atoms with Crippen LogP contribution in [0.1, 0.15) is 19.4 Å². The van der Waals surface area contributed by atoms with Gasteiger partial charge in [0, 0.05) is 0 Å². The number of carbonyl (C=O) groups is 1. The van der Waals surface area contributed by atoms with Crippen molar-refractivity contribution in [2.45, 2.75) is 25.7 Å². The Morgan fingerprint density at radius 1 is 1.28 bits per heavy atom. The van der Waals surface area contributed by atoms with Gasteiger partial charge in [-0.2, -0.15) is 0 Å². The molecule has 0 fully saturated rings. The van der Waals surface area contributed by atoms with E-state index in [-0.39, 0.29) is 17.4 Å². The lowest BCUT2D eigenvalue weighted by molar-refractivity contribution is 0.139. The zero-order chi connectivity index (χ0) is 13.8. The van der Waals surface area contributed by atoms with Gasteiger partial charge in [0.1, 0.15) is 0 Å². The summed E-state index contributed by atoms with van der Waals surface area (Å²) in [5.41, 5.74) is 0.941. The summed E-state index contributed by atoms with van der Waals surface area (Å²) < 4.78 is 30.2. The summed E-state index contributed by atoms with van der Waals surface area (Å²) in [5, 5.41) is 0. The first-order valence-electron chi connectivity index (χ1n) is 5.57. The molecular formula is C12H17NO4S. The van der Waals surface area contributed by atoms with Crippen molar-refractivity contribution in [3.8, 4) is 0 Å². The molecule has 0 heterocycles. The van der Waals surface area contributed by atoms with Crippen molar-refractivity contribution in [1.29, 1.82) is 0 Å². The Hall–Kier alpha value is -1.56. The van der Waals surface area contributed by atoms with Crippen molar-refractivity contribution in [3.63, 3.8) is 0 Å². The molecule has 1 rings (SSSR count). The van der Waals surface area contributed by atoms with E-state index in [9.17, 15) is 13.2 Å². The average Bonchev–Trinajstić information content (AvgIpc) is 2.26. The predicted octanol–water partition coefficient (Wildman–Crippen LogP) is 2.07. The molecule has 5 nitrogen and oxygen atoms in total. The standard InChI is InChI=1S/C12H17NO4S/c1-9(2)8-17-12(14)13-18(15,16)11-6-4-10(3)5-7-11/h4-7,9H,8H2,1-3H3,(H,13,14). The van der Waals surface area contributed by atoms with Crippen LogP contribution in [0.15, 0.2) is 29.2 Å². The molecule has 1 N–H and O–H groups in total. The smallest absolute Gasteiger partial charge is 0.421 e. The van der Waals surface area contributed by atoms with Gasteiger partial charge in [0.25, 0.3) is 10.0 Å². The van der Waals surface area contributed by atoms with Crippen LogP contribution in [0.4, 0.5) is 4.79 Å². The lowest BCUT2D eigenvalue weighted by atomic mass is 10.2. The van der Waals surface area contributed by atoms with Gasteiger partial charge in [0.15, 0.2) is 0 Å². The first-order valence-corrected chi connectivity index (χ1v) is 7.06. The van der Waals surface area contributed by atoms with Crippen molar-refractivity contribution < 1.29 is 17.9 Å². The molecule has 100 valence electrons. The van der Waals surface area contributed by atoms with Crippen LogP contribution in [0, 0.1) is 12.8 Å². The molecule has 18 heavy (non-hydrogen) atoms. The zero-order valence-electron chi connectivity index (χ0n) is 10.6. The van der Waals surface area contributed by atoms with Gasteiger partial charge in [-0.1, -0.05) is 31.5 Å². The maximum absolute atomic E-state index is 11.8. The topological polar surface area (TPSA) is 72.5 Å². The van der Waals surface area contributed by atoms with Crippen molar-refractivity contribution in [2.75, 3.05) is 6.61 Å². The highest BCUT2D eigenvalue weighted by Gasteiger charge is 2.18. The lowest BCUT2D eigenvalue weighted by Gasteiger charge is -2.09. The number of carbonyl (C=O) groups excluding carboxylic acids is 1. The van der Waals surface area contributed by atoms with Gasteiger partial charge in [-0.25, -0.2) is 17.9 Å². The molecule has 0 aliphatic rings. The van der Waals surface area contributed by atoms with E-state index < -0.39 is 16.1 Å². The van der Waals surface area contributed by atoms with Gasteiger partial charge in [0.05, 0.1) is 11.5 Å². The first-order chi connectivity index (χ1) is 8.31. The number of sulfonamides is 1. The van der Waals surface area contributed by atoms with Gasteiger partial charge in [-0.3, -0.25) is 0 Å². The summed E-state index contributed by atoms with van der Waals surface area (Å²) in [4.78, 5) is 11.3. The van der Waals surface area contributed by atoms with Crippen LogP contribution in [0.5, 0.6) is 0 Å². The van der Waals surface area contributed by atoms with E-state index in [1.54, 1.807) is 12.1 Å². The van der Waals surface area contributed by atoms with Crippen LogP contribution in [0.2, 0.25) is 0 Å². The molecule has 1 aromatic rings. The largest absolute Gasteiger partial charge is 0.449 e. The van der Waals surface area contributed by atoms with Crippen molar-refractivity contribution in [3.05, 3.63) is 29.8 Å². The van der Waals surface area contributed by atoms with Crippen molar-refractivity contribution >= 4 is 16.1 Å². The third-order valence-corrected chi connectivity index (χ3v) is 3.42. The van der Waals surface area contributed by atoms with E-state index >= 15 is 0 Å². The fourth-order valence-electron chi connectivity index (χ4n) is 1.16. The second-order valence-electron chi connectivity index (χ2n) is 4.41. The van der Waals surface area contributed by atoms with Crippen LogP contribution < -0.4 is 4.72 Å². The second-order valence-corrected chi connectivity index (χ2v) is 6.09. The molecule has 0 aliphatic carbocycles. The third kappa shape index (κ3) is 4.37. The molecule has 1 amide bonds. The van der Waals surface area contributed by atoms with Gasteiger partial charge >= 0.3 is 6.09 Å². The Morgan fingerprint density at radius 2 is 1.83 bits per heavy atom. The van der Waals surface area contributed by atoms with E-state index in [1.165, 1.54) is 12.1 Å². The number of amides is 1. The minimum absolute atomic E-state index is 0.0367. The van der Waals surface area contributed by atoms with E-state index in [4.69, 9.17) is 4.74 Å². The maximum Gasteiger partial charge on any atom is 0.421 e. The summed E-state index contributed by atoms with van der Waals surface area (Å²) in [6.07, 6.45) is -0.954. The molecule has 0 bridgehead atoms. The summed E-state index contributed by atoms with van der Waals surface area (Å²) in [5.74, 6) is 0.151. The number of benzene rings is 1. The normalized spacial score (nSPS) is 11.3. The van der Waals surface area contributed by atoms with Crippen LogP contribution in [-0.4, -0.2) is 21.1 Å². The quantitative estimate of drug-likeness (QED) is 0.909. The molecule has 0 aromatic heterocycles. The van der Waals surface area contributed by atoms with Gasteiger partial charge in [-0.05, 0) is 25.0 Å². The highest BCUT2D eigenvalue weighted by atomic mass is 32.2. The van der Waals surface area contributed by atoms with Gasteiger partial charge < -0.3 is 4.74 Å². The molecule has 1 aromatic carbocycles. The molecule has 0 saturated carbocycles. The minimum atomic E-state index is -3.85. The maximum atomic E-state index is 11.8. The number of ether oxygens (including phenoxy) is 1. The molecule has 0 unspecified atom stereocenters.